The summed E-state index contributed by atoms with van der Waals surface area (Å²) >= 11 is 0. The maximum Gasteiger partial charge on any atom is 0.0312 e. The van der Waals surface area contributed by atoms with Gasteiger partial charge in [-0.15, -0.1) is 0 Å². The highest BCUT2D eigenvalue weighted by molar-refractivity contribution is 5.08. The molecule has 0 saturated carbocycles. The lowest BCUT2D eigenvalue weighted by molar-refractivity contribution is 0.133. The van der Waals surface area contributed by atoms with Gasteiger partial charge in [0.1, 0.15) is 0 Å². The largest absolute Gasteiger partial charge is 0.309 e. The van der Waals surface area contributed by atoms with Crippen LogP contribution in [-0.2, 0) is 6.54 Å². The monoisotopic (exact) mass is 219 g/mol. The lowest BCUT2D eigenvalue weighted by Crippen LogP contribution is -2.58. The highest BCUT2D eigenvalue weighted by atomic mass is 15.2. The third-order valence-corrected chi connectivity index (χ3v) is 3.46. The van der Waals surface area contributed by atoms with Crippen molar-refractivity contribution in [3.8, 4) is 0 Å². The second-order valence-corrected chi connectivity index (χ2v) is 4.91. The number of rotatable bonds is 3. The molecule has 1 saturated heterocycles. The third kappa shape index (κ3) is 2.80. The van der Waals surface area contributed by atoms with Gasteiger partial charge in [-0.1, -0.05) is 13.0 Å². The fraction of sp³-hybridized carbons (Fsp3) is 0.615. The van der Waals surface area contributed by atoms with Crippen molar-refractivity contribution >= 4 is 0 Å². The van der Waals surface area contributed by atoms with Gasteiger partial charge in [0, 0.05) is 44.1 Å². The zero-order valence-corrected chi connectivity index (χ0v) is 10.2. The Balaban J connectivity index is 1.96. The Morgan fingerprint density at radius 3 is 3.12 bits per heavy atom. The fourth-order valence-corrected chi connectivity index (χ4v) is 2.27. The second-order valence-electron chi connectivity index (χ2n) is 4.91. The average Bonchev–Trinajstić information content (AvgIpc) is 2.30. The Bertz CT molecular complexity index is 325. The zero-order valence-electron chi connectivity index (χ0n) is 10.2. The van der Waals surface area contributed by atoms with E-state index in [1.807, 2.05) is 18.5 Å². The number of aromatic nitrogens is 1. The van der Waals surface area contributed by atoms with Crippen molar-refractivity contribution in [3.05, 3.63) is 30.1 Å². The van der Waals surface area contributed by atoms with Crippen molar-refractivity contribution in [2.45, 2.75) is 32.4 Å². The molecule has 1 aliphatic heterocycles. The molecule has 3 heteroatoms. The van der Waals surface area contributed by atoms with Crippen molar-refractivity contribution in [1.29, 1.82) is 0 Å². The first-order valence-electron chi connectivity index (χ1n) is 6.08. The van der Waals surface area contributed by atoms with Gasteiger partial charge in [-0.05, 0) is 25.0 Å². The van der Waals surface area contributed by atoms with Crippen LogP contribution < -0.4 is 5.32 Å². The van der Waals surface area contributed by atoms with Gasteiger partial charge >= 0.3 is 0 Å². The Morgan fingerprint density at radius 1 is 1.56 bits per heavy atom. The summed E-state index contributed by atoms with van der Waals surface area (Å²) < 4.78 is 0. The number of piperazine rings is 1. The van der Waals surface area contributed by atoms with Crippen LogP contribution in [0.1, 0.15) is 25.8 Å². The lowest BCUT2D eigenvalue weighted by Gasteiger charge is -2.41. The maximum absolute atomic E-state index is 4.16. The molecule has 0 radical (unpaired) electrons. The van der Waals surface area contributed by atoms with Gasteiger partial charge in [-0.3, -0.25) is 9.88 Å². The van der Waals surface area contributed by atoms with Crippen LogP contribution in [0.3, 0.4) is 0 Å². The summed E-state index contributed by atoms with van der Waals surface area (Å²) in [5, 5.41) is 3.60. The molecule has 88 valence electrons. The predicted molar refractivity (Wildman–Crippen MR) is 66.2 cm³/mol. The molecular formula is C13H21N3. The Kier molecular flexibility index (Phi) is 3.56. The molecule has 2 rings (SSSR count). The highest BCUT2D eigenvalue weighted by Crippen LogP contribution is 2.16. The van der Waals surface area contributed by atoms with Gasteiger partial charge < -0.3 is 5.32 Å². The van der Waals surface area contributed by atoms with Gasteiger partial charge in [0.05, 0.1) is 0 Å². The molecule has 16 heavy (non-hydrogen) atoms. The summed E-state index contributed by atoms with van der Waals surface area (Å²) in [7, 11) is 0. The summed E-state index contributed by atoms with van der Waals surface area (Å²) in [6.45, 7) is 8.92. The molecular weight excluding hydrogens is 198 g/mol. The number of nitrogens with zero attached hydrogens (tertiary/aromatic N) is 2. The minimum Gasteiger partial charge on any atom is -0.309 e. The van der Waals surface area contributed by atoms with Crippen molar-refractivity contribution in [3.63, 3.8) is 0 Å². The third-order valence-electron chi connectivity index (χ3n) is 3.46. The average molecular weight is 219 g/mol. The van der Waals surface area contributed by atoms with Gasteiger partial charge in [0.2, 0.25) is 0 Å². The van der Waals surface area contributed by atoms with Crippen molar-refractivity contribution in [1.82, 2.24) is 15.2 Å². The molecule has 1 unspecified atom stereocenters. The fourth-order valence-electron chi connectivity index (χ4n) is 2.27. The van der Waals surface area contributed by atoms with Crippen LogP contribution in [0, 0.1) is 0 Å². The normalized spacial score (nSPS) is 26.9. The van der Waals surface area contributed by atoms with Crippen molar-refractivity contribution in [2.75, 3.05) is 19.6 Å². The molecule has 3 nitrogen and oxygen atoms in total. The van der Waals surface area contributed by atoms with E-state index in [1.165, 1.54) is 12.0 Å². The van der Waals surface area contributed by atoms with Crippen LogP contribution in [0.25, 0.3) is 0 Å². The molecule has 0 aliphatic carbocycles. The minimum atomic E-state index is 0.278. The van der Waals surface area contributed by atoms with E-state index < -0.39 is 0 Å². The van der Waals surface area contributed by atoms with E-state index in [9.17, 15) is 0 Å². The first-order chi connectivity index (χ1) is 7.72. The number of nitrogens with one attached hydrogen (secondary N) is 1. The van der Waals surface area contributed by atoms with Crippen molar-refractivity contribution in [2.24, 2.45) is 0 Å². The first-order valence-corrected chi connectivity index (χ1v) is 6.08. The molecule has 1 aromatic heterocycles. The number of hydrogen-bond donors (Lipinski definition) is 1. The second kappa shape index (κ2) is 4.93. The van der Waals surface area contributed by atoms with Crippen LogP contribution in [0.5, 0.6) is 0 Å². The molecule has 0 bridgehead atoms. The molecule has 0 spiro atoms. The summed E-state index contributed by atoms with van der Waals surface area (Å²) in [6.07, 6.45) is 4.97. The van der Waals surface area contributed by atoms with E-state index in [-0.39, 0.29) is 5.54 Å². The Labute approximate surface area is 97.9 Å². The van der Waals surface area contributed by atoms with Crippen LogP contribution in [0.2, 0.25) is 0 Å². The molecule has 0 amide bonds. The quantitative estimate of drug-likeness (QED) is 0.838. The van der Waals surface area contributed by atoms with E-state index in [0.717, 1.165) is 26.2 Å². The summed E-state index contributed by atoms with van der Waals surface area (Å²) in [6, 6.07) is 4.16. The van der Waals surface area contributed by atoms with E-state index in [0.29, 0.717) is 0 Å². The van der Waals surface area contributed by atoms with Gasteiger partial charge in [-0.25, -0.2) is 0 Å². The number of pyridine rings is 1. The molecule has 1 N–H and O–H groups in total. The molecule has 2 heterocycles. The van der Waals surface area contributed by atoms with Crippen LogP contribution >= 0.6 is 0 Å². The number of hydrogen-bond acceptors (Lipinski definition) is 3. The molecule has 1 atom stereocenters. The zero-order chi connectivity index (χ0) is 11.4. The lowest BCUT2D eigenvalue weighted by atomic mass is 9.95. The standard InChI is InChI=1S/C13H21N3/c1-3-13(2)11-16(8-7-15-13)10-12-5-4-6-14-9-12/h4-6,9,15H,3,7-8,10-11H2,1-2H3. The molecule has 0 aromatic carbocycles. The van der Waals surface area contributed by atoms with Crippen LogP contribution in [0.4, 0.5) is 0 Å². The summed E-state index contributed by atoms with van der Waals surface area (Å²) in [4.78, 5) is 6.68. The molecule has 1 aliphatic rings. The van der Waals surface area contributed by atoms with Gasteiger partial charge in [0.25, 0.3) is 0 Å². The van der Waals surface area contributed by atoms with Crippen LogP contribution in [0.15, 0.2) is 24.5 Å². The first kappa shape index (κ1) is 11.6. The highest BCUT2D eigenvalue weighted by Gasteiger charge is 2.28. The smallest absolute Gasteiger partial charge is 0.0312 e. The molecule has 1 aromatic rings. The van der Waals surface area contributed by atoms with E-state index in [2.05, 4.69) is 35.1 Å². The van der Waals surface area contributed by atoms with E-state index in [1.54, 1.807) is 0 Å². The van der Waals surface area contributed by atoms with E-state index in [4.69, 9.17) is 0 Å². The van der Waals surface area contributed by atoms with Gasteiger partial charge in [0.15, 0.2) is 0 Å². The summed E-state index contributed by atoms with van der Waals surface area (Å²) in [5.41, 5.74) is 1.59. The summed E-state index contributed by atoms with van der Waals surface area (Å²) in [5.74, 6) is 0. The predicted octanol–water partition coefficient (Wildman–Crippen LogP) is 1.66. The van der Waals surface area contributed by atoms with Crippen LogP contribution in [-0.4, -0.2) is 35.1 Å². The van der Waals surface area contributed by atoms with Crippen molar-refractivity contribution < 1.29 is 0 Å². The minimum absolute atomic E-state index is 0.278. The maximum atomic E-state index is 4.16. The topological polar surface area (TPSA) is 28.2 Å². The Morgan fingerprint density at radius 2 is 2.44 bits per heavy atom. The SMILES string of the molecule is CCC1(C)CN(Cc2cccnc2)CCN1. The van der Waals surface area contributed by atoms with Gasteiger partial charge in [-0.2, -0.15) is 0 Å². The molecule has 1 fully saturated rings. The van der Waals surface area contributed by atoms with E-state index >= 15 is 0 Å². The Hall–Kier alpha value is -0.930.